The molecule has 2 aromatic carbocycles. The van der Waals surface area contributed by atoms with Crippen molar-refractivity contribution in [3.05, 3.63) is 67.4 Å². The van der Waals surface area contributed by atoms with Gasteiger partial charge in [-0.2, -0.15) is 0 Å². The first-order chi connectivity index (χ1) is 13.0. The Morgan fingerprint density at radius 1 is 0.724 bits per heavy atom. The number of fused-ring (bicyclic) bond motifs is 1. The van der Waals surface area contributed by atoms with Gasteiger partial charge in [-0.15, -0.1) is 0 Å². The highest BCUT2D eigenvalue weighted by Crippen LogP contribution is 2.34. The molecule has 0 spiro atoms. The number of nitrogens with zero attached hydrogens (tertiary/aromatic N) is 1. The number of hydrogen-bond acceptors (Lipinski definition) is 1. The van der Waals surface area contributed by atoms with E-state index in [1.54, 1.807) is 0 Å². The summed E-state index contributed by atoms with van der Waals surface area (Å²) in [5.74, 6) is 0. The van der Waals surface area contributed by atoms with Gasteiger partial charge in [-0.05, 0) is 124 Å². The van der Waals surface area contributed by atoms with E-state index in [9.17, 15) is 4.79 Å². The minimum Gasteiger partial charge on any atom is -0.334 e. The monoisotopic (exact) mass is 387 g/mol. The largest absolute Gasteiger partial charge is 0.334 e. The lowest BCUT2D eigenvalue weighted by Gasteiger charge is -2.21. The standard InChI is InChI=1S/C25H30BNO.CH4/c1-12-13(2)18(7)22(19(8)14(12)3)11-27-23(25(26)28)10-21-17(6)15(4)16(5)20(9)24(21)27;/h10H,11H2,1-9H3;1H4. The normalized spacial score (nSPS) is 11.1. The molecule has 3 rings (SSSR count). The van der Waals surface area contributed by atoms with Crippen molar-refractivity contribution in [2.75, 3.05) is 0 Å². The van der Waals surface area contributed by atoms with E-state index in [4.69, 9.17) is 7.85 Å². The Labute approximate surface area is 177 Å². The molecule has 3 heteroatoms. The molecule has 0 unspecified atom stereocenters. The quantitative estimate of drug-likeness (QED) is 0.476. The Bertz CT molecular complexity index is 1120. The first kappa shape index (κ1) is 23.0. The van der Waals surface area contributed by atoms with Crippen LogP contribution in [0.25, 0.3) is 10.9 Å². The van der Waals surface area contributed by atoms with Crippen LogP contribution in [0.5, 0.6) is 0 Å². The van der Waals surface area contributed by atoms with Crippen molar-refractivity contribution in [1.29, 1.82) is 0 Å². The number of rotatable bonds is 3. The Morgan fingerprint density at radius 2 is 1.14 bits per heavy atom. The third-order valence-corrected chi connectivity index (χ3v) is 7.27. The maximum atomic E-state index is 12.3. The highest BCUT2D eigenvalue weighted by atomic mass is 16.1. The van der Waals surface area contributed by atoms with E-state index >= 15 is 0 Å². The number of hydrogen-bond donors (Lipinski definition) is 0. The highest BCUT2D eigenvalue weighted by Gasteiger charge is 2.21. The SMILES string of the molecule is C.[B]C(=O)c1cc2c(C)c(C)c(C)c(C)c2n1Cc1c(C)c(C)c(C)c(C)c1C. The molecule has 0 aliphatic carbocycles. The van der Waals surface area contributed by atoms with E-state index in [1.165, 1.54) is 55.6 Å². The summed E-state index contributed by atoms with van der Waals surface area (Å²) in [5, 5.41) is 1.13. The molecular formula is C26H34BNO. The smallest absolute Gasteiger partial charge is 0.177 e. The molecule has 3 aromatic rings. The first-order valence-electron chi connectivity index (χ1n) is 9.94. The molecule has 29 heavy (non-hydrogen) atoms. The number of carbonyl (C=O) groups excluding carboxylic acids is 1. The molecule has 0 aliphatic rings. The molecule has 152 valence electrons. The van der Waals surface area contributed by atoms with Gasteiger partial charge in [0, 0.05) is 11.9 Å². The minimum atomic E-state index is -0.374. The molecule has 0 fully saturated rings. The summed E-state index contributed by atoms with van der Waals surface area (Å²) in [5.41, 5.74) is 14.3. The number of aromatic nitrogens is 1. The lowest BCUT2D eigenvalue weighted by Crippen LogP contribution is -2.14. The van der Waals surface area contributed by atoms with Gasteiger partial charge in [0.25, 0.3) is 0 Å². The van der Waals surface area contributed by atoms with E-state index in [0.29, 0.717) is 12.2 Å². The van der Waals surface area contributed by atoms with Gasteiger partial charge in [0.15, 0.2) is 7.85 Å². The highest BCUT2D eigenvalue weighted by molar-refractivity contribution is 6.62. The van der Waals surface area contributed by atoms with Crippen molar-refractivity contribution in [3.8, 4) is 0 Å². The molecule has 1 heterocycles. The van der Waals surface area contributed by atoms with Crippen LogP contribution in [0.2, 0.25) is 0 Å². The Morgan fingerprint density at radius 3 is 1.62 bits per heavy atom. The van der Waals surface area contributed by atoms with Crippen LogP contribution in [0.15, 0.2) is 6.07 Å². The molecule has 2 radical (unpaired) electrons. The van der Waals surface area contributed by atoms with Gasteiger partial charge in [-0.25, -0.2) is 0 Å². The van der Waals surface area contributed by atoms with Gasteiger partial charge < -0.3 is 9.36 Å². The maximum absolute atomic E-state index is 12.3. The van der Waals surface area contributed by atoms with E-state index in [0.717, 1.165) is 10.9 Å². The molecule has 0 aliphatic heterocycles. The van der Waals surface area contributed by atoms with Crippen LogP contribution in [0.4, 0.5) is 0 Å². The average Bonchev–Trinajstić information content (AvgIpc) is 3.04. The van der Waals surface area contributed by atoms with Crippen molar-refractivity contribution in [2.45, 2.75) is 76.3 Å². The van der Waals surface area contributed by atoms with E-state index < -0.39 is 0 Å². The second-order valence-electron chi connectivity index (χ2n) is 8.35. The molecular weight excluding hydrogens is 353 g/mol. The molecule has 0 saturated carbocycles. The summed E-state index contributed by atoms with van der Waals surface area (Å²) in [6.07, 6.45) is 0. The van der Waals surface area contributed by atoms with Crippen LogP contribution in [0.1, 0.15) is 73.5 Å². The fourth-order valence-electron chi connectivity index (χ4n) is 4.52. The van der Waals surface area contributed by atoms with Crippen LogP contribution in [-0.4, -0.2) is 18.1 Å². The van der Waals surface area contributed by atoms with Crippen molar-refractivity contribution in [1.82, 2.24) is 4.57 Å². The number of benzene rings is 2. The molecule has 0 amide bonds. The van der Waals surface area contributed by atoms with Crippen LogP contribution in [0, 0.1) is 62.3 Å². The number of aryl methyl sites for hydroxylation is 2. The topological polar surface area (TPSA) is 22.0 Å². The summed E-state index contributed by atoms with van der Waals surface area (Å²) in [4.78, 5) is 12.3. The minimum absolute atomic E-state index is 0. The van der Waals surface area contributed by atoms with Crippen molar-refractivity contribution in [3.63, 3.8) is 0 Å². The molecule has 1 aromatic heterocycles. The second-order valence-corrected chi connectivity index (χ2v) is 8.35. The van der Waals surface area contributed by atoms with Crippen LogP contribution in [0.3, 0.4) is 0 Å². The third-order valence-electron chi connectivity index (χ3n) is 7.27. The third kappa shape index (κ3) is 3.35. The molecule has 0 atom stereocenters. The predicted octanol–water partition coefficient (Wildman–Crippen LogP) is 6.41. The molecule has 0 bridgehead atoms. The van der Waals surface area contributed by atoms with Gasteiger partial charge in [-0.3, -0.25) is 0 Å². The summed E-state index contributed by atoms with van der Waals surface area (Å²) >= 11 is 0. The predicted molar refractivity (Wildman–Crippen MR) is 127 cm³/mol. The first-order valence-corrected chi connectivity index (χ1v) is 9.94. The lowest BCUT2D eigenvalue weighted by atomic mass is 9.89. The maximum Gasteiger partial charge on any atom is 0.177 e. The second kappa shape index (κ2) is 7.86. The van der Waals surface area contributed by atoms with Crippen molar-refractivity contribution >= 4 is 24.4 Å². The lowest BCUT2D eigenvalue weighted by molar-refractivity contribution is 0.107. The zero-order chi connectivity index (χ0) is 21.1. The molecule has 0 saturated heterocycles. The van der Waals surface area contributed by atoms with Crippen LogP contribution < -0.4 is 0 Å². The summed E-state index contributed by atoms with van der Waals surface area (Å²) in [7, 11) is 5.81. The number of carbonyl (C=O) groups is 1. The summed E-state index contributed by atoms with van der Waals surface area (Å²) in [6.45, 7) is 20.2. The Balaban J connectivity index is 0.00000300. The molecule has 2 nitrogen and oxygen atoms in total. The van der Waals surface area contributed by atoms with E-state index in [-0.39, 0.29) is 13.1 Å². The van der Waals surface area contributed by atoms with Gasteiger partial charge in [0.2, 0.25) is 0 Å². The fourth-order valence-corrected chi connectivity index (χ4v) is 4.52. The summed E-state index contributed by atoms with van der Waals surface area (Å²) < 4.78 is 2.13. The summed E-state index contributed by atoms with van der Waals surface area (Å²) in [6, 6.07) is 1.98. The zero-order valence-corrected chi connectivity index (χ0v) is 18.7. The van der Waals surface area contributed by atoms with Crippen molar-refractivity contribution < 1.29 is 4.79 Å². The van der Waals surface area contributed by atoms with Crippen LogP contribution in [-0.2, 0) is 6.54 Å². The average molecular weight is 387 g/mol. The van der Waals surface area contributed by atoms with E-state index in [2.05, 4.69) is 66.9 Å². The Hall–Kier alpha value is -2.29. The zero-order valence-electron chi connectivity index (χ0n) is 18.7. The van der Waals surface area contributed by atoms with Crippen LogP contribution >= 0.6 is 0 Å². The van der Waals surface area contributed by atoms with E-state index in [1.807, 2.05) is 6.07 Å². The Kier molecular flexibility index (Phi) is 6.23. The molecule has 0 N–H and O–H groups in total. The van der Waals surface area contributed by atoms with Gasteiger partial charge >= 0.3 is 0 Å². The van der Waals surface area contributed by atoms with Gasteiger partial charge in [0.1, 0.15) is 5.68 Å². The van der Waals surface area contributed by atoms with Gasteiger partial charge in [-0.1, -0.05) is 7.43 Å². The fraction of sp³-hybridized carbons (Fsp3) is 0.423. The van der Waals surface area contributed by atoms with Crippen molar-refractivity contribution in [2.24, 2.45) is 0 Å². The van der Waals surface area contributed by atoms with Gasteiger partial charge in [0.05, 0.1) is 11.2 Å².